The number of hydrogen-bond donors (Lipinski definition) is 1. The van der Waals surface area contributed by atoms with Gasteiger partial charge in [0.2, 0.25) is 0 Å². The van der Waals surface area contributed by atoms with Gasteiger partial charge < -0.3 is 10.0 Å². The number of halogens is 1. The summed E-state index contributed by atoms with van der Waals surface area (Å²) in [4.78, 5) is 13.7. The molecule has 1 unspecified atom stereocenters. The SMILES string of the molecule is Cc1cc(CC2CCN(C(=O)C(C)(C)O)C2)ccc1F. The monoisotopic (exact) mass is 279 g/mol. The van der Waals surface area contributed by atoms with Crippen LogP contribution in [-0.2, 0) is 11.2 Å². The second kappa shape index (κ2) is 5.52. The molecule has 0 saturated carbocycles. The lowest BCUT2D eigenvalue weighted by molar-refractivity contribution is -0.146. The lowest BCUT2D eigenvalue weighted by Gasteiger charge is -2.24. The number of nitrogens with zero attached hydrogens (tertiary/aromatic N) is 1. The highest BCUT2D eigenvalue weighted by Crippen LogP contribution is 2.24. The number of hydrogen-bond acceptors (Lipinski definition) is 2. The molecule has 0 spiro atoms. The molecule has 1 fully saturated rings. The van der Waals surface area contributed by atoms with Crippen molar-refractivity contribution < 1.29 is 14.3 Å². The Kier molecular flexibility index (Phi) is 4.14. The molecular formula is C16H22FNO2. The number of amides is 1. The van der Waals surface area contributed by atoms with E-state index in [2.05, 4.69) is 0 Å². The van der Waals surface area contributed by atoms with Gasteiger partial charge >= 0.3 is 0 Å². The number of rotatable bonds is 3. The van der Waals surface area contributed by atoms with Gasteiger partial charge in [-0.05, 0) is 56.7 Å². The Balaban J connectivity index is 1.96. The Bertz CT molecular complexity index is 508. The Morgan fingerprint density at radius 2 is 2.20 bits per heavy atom. The molecule has 1 aliphatic rings. The van der Waals surface area contributed by atoms with E-state index in [4.69, 9.17) is 0 Å². The van der Waals surface area contributed by atoms with Gasteiger partial charge in [0.25, 0.3) is 5.91 Å². The summed E-state index contributed by atoms with van der Waals surface area (Å²) in [5.74, 6) is -0.0135. The number of aliphatic hydroxyl groups is 1. The largest absolute Gasteiger partial charge is 0.381 e. The molecule has 4 heteroatoms. The van der Waals surface area contributed by atoms with Gasteiger partial charge in [0.1, 0.15) is 11.4 Å². The first kappa shape index (κ1) is 15.0. The summed E-state index contributed by atoms with van der Waals surface area (Å²) < 4.78 is 13.2. The van der Waals surface area contributed by atoms with Crippen molar-refractivity contribution in [1.82, 2.24) is 4.90 Å². The van der Waals surface area contributed by atoms with Crippen LogP contribution in [0, 0.1) is 18.7 Å². The molecule has 3 nitrogen and oxygen atoms in total. The second-order valence-electron chi connectivity index (χ2n) is 6.25. The molecule has 1 saturated heterocycles. The van der Waals surface area contributed by atoms with Crippen LogP contribution in [0.4, 0.5) is 4.39 Å². The fourth-order valence-corrected chi connectivity index (χ4v) is 2.74. The van der Waals surface area contributed by atoms with Crippen LogP contribution in [0.5, 0.6) is 0 Å². The van der Waals surface area contributed by atoms with E-state index in [1.165, 1.54) is 19.9 Å². The summed E-state index contributed by atoms with van der Waals surface area (Å²) in [6.07, 6.45) is 1.77. The number of carbonyl (C=O) groups excluding carboxylic acids is 1. The van der Waals surface area contributed by atoms with Crippen molar-refractivity contribution in [3.63, 3.8) is 0 Å². The predicted molar refractivity (Wildman–Crippen MR) is 75.8 cm³/mol. The highest BCUT2D eigenvalue weighted by Gasteiger charge is 2.34. The van der Waals surface area contributed by atoms with Crippen LogP contribution in [-0.4, -0.2) is 34.6 Å². The maximum absolute atomic E-state index is 13.2. The first-order valence-electron chi connectivity index (χ1n) is 7.04. The summed E-state index contributed by atoms with van der Waals surface area (Å²) in [5.41, 5.74) is 0.456. The molecule has 0 aromatic heterocycles. The minimum atomic E-state index is -1.30. The smallest absolute Gasteiger partial charge is 0.253 e. The van der Waals surface area contributed by atoms with Crippen LogP contribution < -0.4 is 0 Å². The van der Waals surface area contributed by atoms with Gasteiger partial charge in [-0.15, -0.1) is 0 Å². The molecular weight excluding hydrogens is 257 g/mol. The van der Waals surface area contributed by atoms with E-state index in [0.29, 0.717) is 24.6 Å². The topological polar surface area (TPSA) is 40.5 Å². The van der Waals surface area contributed by atoms with E-state index in [9.17, 15) is 14.3 Å². The summed E-state index contributed by atoms with van der Waals surface area (Å²) in [6.45, 7) is 6.16. The fraction of sp³-hybridized carbons (Fsp3) is 0.562. The van der Waals surface area contributed by atoms with Crippen molar-refractivity contribution in [2.45, 2.75) is 39.2 Å². The van der Waals surface area contributed by atoms with Gasteiger partial charge in [-0.1, -0.05) is 12.1 Å². The molecule has 20 heavy (non-hydrogen) atoms. The quantitative estimate of drug-likeness (QED) is 0.922. The summed E-state index contributed by atoms with van der Waals surface area (Å²) in [7, 11) is 0. The standard InChI is InChI=1S/C16H22FNO2/c1-11-8-12(4-5-14(11)17)9-13-6-7-18(10-13)15(19)16(2,3)20/h4-5,8,13,20H,6-7,9-10H2,1-3H3. The summed E-state index contributed by atoms with van der Waals surface area (Å²) >= 11 is 0. The lowest BCUT2D eigenvalue weighted by Crippen LogP contribution is -2.44. The molecule has 0 aliphatic carbocycles. The third-order valence-corrected chi connectivity index (χ3v) is 3.84. The van der Waals surface area contributed by atoms with Crippen LogP contribution in [0.1, 0.15) is 31.4 Å². The average molecular weight is 279 g/mol. The number of carbonyl (C=O) groups is 1. The Hall–Kier alpha value is -1.42. The molecule has 1 N–H and O–H groups in total. The average Bonchev–Trinajstić information content (AvgIpc) is 2.80. The number of benzene rings is 1. The molecule has 1 atom stereocenters. The van der Waals surface area contributed by atoms with E-state index in [0.717, 1.165) is 18.4 Å². The Morgan fingerprint density at radius 1 is 1.50 bits per heavy atom. The molecule has 0 radical (unpaired) electrons. The van der Waals surface area contributed by atoms with Gasteiger partial charge in [-0.2, -0.15) is 0 Å². The molecule has 1 aromatic rings. The number of aryl methyl sites for hydroxylation is 1. The van der Waals surface area contributed by atoms with Crippen LogP contribution >= 0.6 is 0 Å². The van der Waals surface area contributed by atoms with Crippen LogP contribution in [0.3, 0.4) is 0 Å². The van der Waals surface area contributed by atoms with E-state index in [1.54, 1.807) is 11.8 Å². The molecule has 110 valence electrons. The maximum atomic E-state index is 13.2. The van der Waals surface area contributed by atoms with Crippen molar-refractivity contribution in [2.75, 3.05) is 13.1 Å². The fourth-order valence-electron chi connectivity index (χ4n) is 2.74. The van der Waals surface area contributed by atoms with Crippen molar-refractivity contribution in [2.24, 2.45) is 5.92 Å². The zero-order valence-corrected chi connectivity index (χ0v) is 12.3. The van der Waals surface area contributed by atoms with Crippen LogP contribution in [0.15, 0.2) is 18.2 Å². The Morgan fingerprint density at radius 3 is 2.80 bits per heavy atom. The van der Waals surface area contributed by atoms with E-state index in [1.807, 2.05) is 12.1 Å². The predicted octanol–water partition coefficient (Wildman–Crippen LogP) is 2.30. The minimum absolute atomic E-state index is 0.181. The molecule has 1 heterocycles. The lowest BCUT2D eigenvalue weighted by atomic mass is 9.97. The molecule has 0 bridgehead atoms. The van der Waals surface area contributed by atoms with Gasteiger partial charge in [-0.3, -0.25) is 4.79 Å². The molecule has 1 amide bonds. The van der Waals surface area contributed by atoms with Crippen molar-refractivity contribution >= 4 is 5.91 Å². The number of likely N-dealkylation sites (tertiary alicyclic amines) is 1. The van der Waals surface area contributed by atoms with Crippen LogP contribution in [0.2, 0.25) is 0 Å². The van der Waals surface area contributed by atoms with Gasteiger partial charge in [0, 0.05) is 13.1 Å². The maximum Gasteiger partial charge on any atom is 0.253 e. The van der Waals surface area contributed by atoms with Gasteiger partial charge in [0.15, 0.2) is 0 Å². The van der Waals surface area contributed by atoms with Crippen molar-refractivity contribution in [3.05, 3.63) is 35.1 Å². The van der Waals surface area contributed by atoms with Gasteiger partial charge in [0.05, 0.1) is 0 Å². The third-order valence-electron chi connectivity index (χ3n) is 3.84. The molecule has 2 rings (SSSR count). The van der Waals surface area contributed by atoms with Crippen molar-refractivity contribution in [3.8, 4) is 0 Å². The summed E-state index contributed by atoms with van der Waals surface area (Å²) in [5, 5.41) is 9.76. The van der Waals surface area contributed by atoms with Gasteiger partial charge in [-0.25, -0.2) is 4.39 Å². The van der Waals surface area contributed by atoms with Crippen molar-refractivity contribution in [1.29, 1.82) is 0 Å². The highest BCUT2D eigenvalue weighted by atomic mass is 19.1. The van der Waals surface area contributed by atoms with Crippen LogP contribution in [0.25, 0.3) is 0 Å². The minimum Gasteiger partial charge on any atom is -0.381 e. The zero-order chi connectivity index (χ0) is 14.9. The summed E-state index contributed by atoms with van der Waals surface area (Å²) in [6, 6.07) is 5.18. The Labute approximate surface area is 119 Å². The highest BCUT2D eigenvalue weighted by molar-refractivity contribution is 5.84. The van der Waals surface area contributed by atoms with E-state index in [-0.39, 0.29) is 11.7 Å². The van der Waals surface area contributed by atoms with E-state index < -0.39 is 5.60 Å². The third kappa shape index (κ3) is 3.37. The van der Waals surface area contributed by atoms with E-state index >= 15 is 0 Å². The first-order valence-corrected chi connectivity index (χ1v) is 7.04. The normalized spacial score (nSPS) is 19.4. The molecule has 1 aliphatic heterocycles. The first-order chi connectivity index (χ1) is 9.27. The molecule has 1 aromatic carbocycles. The second-order valence-corrected chi connectivity index (χ2v) is 6.25. The zero-order valence-electron chi connectivity index (χ0n) is 12.3.